The zero-order valence-corrected chi connectivity index (χ0v) is 25.7. The van der Waals surface area contributed by atoms with Gasteiger partial charge in [0.15, 0.2) is 0 Å². The second-order valence-corrected chi connectivity index (χ2v) is 15.5. The molecule has 33 heavy (non-hydrogen) atoms. The lowest BCUT2D eigenvalue weighted by molar-refractivity contribution is 0.00207. The Bertz CT molecular complexity index is 395. The Hall–Kier alpha value is 0.154. The van der Waals surface area contributed by atoms with E-state index in [1.165, 1.54) is 0 Å². The molecule has 0 bridgehead atoms. The molecule has 0 spiro atoms. The highest BCUT2D eigenvalue weighted by molar-refractivity contribution is 6.61. The summed E-state index contributed by atoms with van der Waals surface area (Å²) in [6, 6.07) is 1.60. The fourth-order valence-corrected chi connectivity index (χ4v) is 10.2. The molecular formula is C24H55NO6Si2. The van der Waals surface area contributed by atoms with Gasteiger partial charge in [-0.05, 0) is 109 Å². The zero-order chi connectivity index (χ0) is 25.7. The average molecular weight is 510 g/mol. The summed E-state index contributed by atoms with van der Waals surface area (Å²) in [5.74, 6) is 0. The van der Waals surface area contributed by atoms with Crippen LogP contribution in [0.2, 0.25) is 12.1 Å². The second-order valence-electron chi connectivity index (χ2n) is 10.3. The molecule has 0 rings (SSSR count). The fourth-order valence-electron chi connectivity index (χ4n) is 3.66. The van der Waals surface area contributed by atoms with Crippen LogP contribution in [-0.2, 0) is 26.6 Å². The standard InChI is InChI=1S/C24H55NO6Si2/c1-19(2)26-32(27-20(3)4,28-21(5)6)17-13-15-25-16-14-18-33(29-22(7)8,30-23(9)10)31-24(11)12/h19-25H,13-18H2,1-12H3. The van der Waals surface area contributed by atoms with E-state index in [0.717, 1.165) is 38.0 Å². The monoisotopic (exact) mass is 509 g/mol. The van der Waals surface area contributed by atoms with Crippen molar-refractivity contribution in [2.24, 2.45) is 0 Å². The molecule has 0 saturated carbocycles. The van der Waals surface area contributed by atoms with Gasteiger partial charge in [-0.25, -0.2) is 0 Å². The third kappa shape index (κ3) is 16.5. The topological polar surface area (TPSA) is 67.4 Å². The summed E-state index contributed by atoms with van der Waals surface area (Å²) in [5.41, 5.74) is 0. The summed E-state index contributed by atoms with van der Waals surface area (Å²) in [5, 5.41) is 3.56. The molecule has 0 fully saturated rings. The highest BCUT2D eigenvalue weighted by Gasteiger charge is 2.44. The summed E-state index contributed by atoms with van der Waals surface area (Å²) in [4.78, 5) is 0. The van der Waals surface area contributed by atoms with E-state index < -0.39 is 17.6 Å². The molecule has 0 radical (unpaired) electrons. The summed E-state index contributed by atoms with van der Waals surface area (Å²) < 4.78 is 37.6. The van der Waals surface area contributed by atoms with Gasteiger partial charge in [0.05, 0.1) is 0 Å². The first kappa shape index (κ1) is 33.2. The van der Waals surface area contributed by atoms with Crippen LogP contribution in [0.15, 0.2) is 0 Å². The molecule has 0 aliphatic rings. The van der Waals surface area contributed by atoms with Crippen LogP contribution < -0.4 is 5.32 Å². The number of rotatable bonds is 20. The predicted octanol–water partition coefficient (Wildman–Crippen LogP) is 5.78. The lowest BCUT2D eigenvalue weighted by atomic mass is 10.4. The Kier molecular flexibility index (Phi) is 16.8. The van der Waals surface area contributed by atoms with Gasteiger partial charge in [0.25, 0.3) is 0 Å². The number of nitrogens with one attached hydrogen (secondary N) is 1. The van der Waals surface area contributed by atoms with E-state index in [1.54, 1.807) is 0 Å². The minimum Gasteiger partial charge on any atom is -0.371 e. The van der Waals surface area contributed by atoms with Gasteiger partial charge in [-0.3, -0.25) is 0 Å². The van der Waals surface area contributed by atoms with E-state index >= 15 is 0 Å². The molecule has 0 saturated heterocycles. The Morgan fingerprint density at radius 2 is 0.636 bits per heavy atom. The van der Waals surface area contributed by atoms with Gasteiger partial charge in [0.1, 0.15) is 0 Å². The average Bonchev–Trinajstić information content (AvgIpc) is 2.56. The molecule has 0 atom stereocenters. The first-order valence-corrected chi connectivity index (χ1v) is 16.8. The molecule has 0 heterocycles. The number of hydrogen-bond donors (Lipinski definition) is 1. The maximum Gasteiger partial charge on any atom is 0.501 e. The van der Waals surface area contributed by atoms with E-state index in [2.05, 4.69) is 5.32 Å². The van der Waals surface area contributed by atoms with Crippen LogP contribution in [0.4, 0.5) is 0 Å². The molecule has 0 aromatic rings. The first-order valence-electron chi connectivity index (χ1n) is 13.0. The Balaban J connectivity index is 4.80. The van der Waals surface area contributed by atoms with Crippen LogP contribution in [0, 0.1) is 0 Å². The quantitative estimate of drug-likeness (QED) is 0.165. The van der Waals surface area contributed by atoms with Gasteiger partial charge in [-0.15, -0.1) is 0 Å². The van der Waals surface area contributed by atoms with Crippen molar-refractivity contribution in [1.82, 2.24) is 5.32 Å². The van der Waals surface area contributed by atoms with Gasteiger partial charge < -0.3 is 31.9 Å². The van der Waals surface area contributed by atoms with Crippen LogP contribution in [0.25, 0.3) is 0 Å². The second kappa shape index (κ2) is 16.8. The molecule has 0 aromatic carbocycles. The van der Waals surface area contributed by atoms with Crippen molar-refractivity contribution in [2.45, 2.75) is 145 Å². The maximum atomic E-state index is 6.27. The molecule has 0 aromatic heterocycles. The summed E-state index contributed by atoms with van der Waals surface area (Å²) >= 11 is 0. The lowest BCUT2D eigenvalue weighted by Gasteiger charge is -2.35. The summed E-state index contributed by atoms with van der Waals surface area (Å²) in [6.07, 6.45) is 2.31. The predicted molar refractivity (Wildman–Crippen MR) is 141 cm³/mol. The maximum absolute atomic E-state index is 6.27. The van der Waals surface area contributed by atoms with Crippen molar-refractivity contribution >= 4 is 17.6 Å². The molecule has 0 aliphatic carbocycles. The minimum absolute atomic E-state index is 0.0723. The van der Waals surface area contributed by atoms with Crippen molar-refractivity contribution in [3.05, 3.63) is 0 Å². The van der Waals surface area contributed by atoms with Gasteiger partial charge >= 0.3 is 17.6 Å². The van der Waals surface area contributed by atoms with E-state index in [9.17, 15) is 0 Å². The van der Waals surface area contributed by atoms with E-state index in [4.69, 9.17) is 26.6 Å². The smallest absolute Gasteiger partial charge is 0.371 e. The summed E-state index contributed by atoms with van der Waals surface area (Å²) in [7, 11) is -5.46. The third-order valence-corrected chi connectivity index (χ3v) is 11.1. The van der Waals surface area contributed by atoms with Gasteiger partial charge in [0, 0.05) is 48.7 Å². The van der Waals surface area contributed by atoms with Crippen molar-refractivity contribution in [3.8, 4) is 0 Å². The van der Waals surface area contributed by atoms with Gasteiger partial charge in [-0.1, -0.05) is 0 Å². The molecule has 0 aliphatic heterocycles. The molecule has 7 nitrogen and oxygen atoms in total. The Labute approximate surface area is 207 Å². The van der Waals surface area contributed by atoms with Crippen molar-refractivity contribution < 1.29 is 26.6 Å². The molecular weight excluding hydrogens is 454 g/mol. The minimum atomic E-state index is -2.73. The van der Waals surface area contributed by atoms with Crippen LogP contribution in [-0.4, -0.2) is 67.3 Å². The SMILES string of the molecule is CC(C)O[Si](CCCNCCC[Si](OC(C)C)(OC(C)C)OC(C)C)(OC(C)C)OC(C)C. The molecule has 200 valence electrons. The third-order valence-electron chi connectivity index (χ3n) is 4.16. The van der Waals surface area contributed by atoms with Crippen LogP contribution in [0.5, 0.6) is 0 Å². The number of hydrogen-bond acceptors (Lipinski definition) is 7. The molecule has 0 amide bonds. The zero-order valence-electron chi connectivity index (χ0n) is 23.7. The molecule has 9 heteroatoms. The van der Waals surface area contributed by atoms with E-state index in [1.807, 2.05) is 83.1 Å². The lowest BCUT2D eigenvalue weighted by Crippen LogP contribution is -2.51. The van der Waals surface area contributed by atoms with E-state index in [-0.39, 0.29) is 36.6 Å². The van der Waals surface area contributed by atoms with Crippen LogP contribution in [0.1, 0.15) is 95.9 Å². The molecule has 0 unspecified atom stereocenters. The van der Waals surface area contributed by atoms with Crippen LogP contribution >= 0.6 is 0 Å². The van der Waals surface area contributed by atoms with Crippen molar-refractivity contribution in [3.63, 3.8) is 0 Å². The highest BCUT2D eigenvalue weighted by Crippen LogP contribution is 2.25. The van der Waals surface area contributed by atoms with Crippen LogP contribution in [0.3, 0.4) is 0 Å². The Morgan fingerprint density at radius 3 is 0.818 bits per heavy atom. The first-order chi connectivity index (χ1) is 15.2. The fraction of sp³-hybridized carbons (Fsp3) is 1.00. The summed E-state index contributed by atoms with van der Waals surface area (Å²) in [6.45, 7) is 26.3. The van der Waals surface area contributed by atoms with Gasteiger partial charge in [-0.2, -0.15) is 0 Å². The largest absolute Gasteiger partial charge is 0.501 e. The van der Waals surface area contributed by atoms with Crippen molar-refractivity contribution in [1.29, 1.82) is 0 Å². The van der Waals surface area contributed by atoms with Gasteiger partial charge in [0.2, 0.25) is 0 Å². The van der Waals surface area contributed by atoms with E-state index in [0.29, 0.717) is 0 Å². The Morgan fingerprint density at radius 1 is 0.424 bits per heavy atom. The van der Waals surface area contributed by atoms with Crippen molar-refractivity contribution in [2.75, 3.05) is 13.1 Å². The highest BCUT2D eigenvalue weighted by atomic mass is 28.4. The molecule has 1 N–H and O–H groups in total. The normalized spacial score (nSPS) is 13.6.